The standard InChI is InChI=1S/C20H19FN4O2/c1-13-23-17(11-19(24-13)25-16-9-7-15(21)8-10-16)20(26)22-12-14-5-3-4-6-18(14)27-2/h3-11H,12H2,1-2H3,(H,22,26)(H,23,24,25). The van der Waals surface area contributed by atoms with Crippen molar-refractivity contribution in [1.82, 2.24) is 15.3 Å². The number of nitrogens with one attached hydrogen (secondary N) is 2. The van der Waals surface area contributed by atoms with Crippen molar-refractivity contribution in [1.29, 1.82) is 0 Å². The number of ether oxygens (including phenoxy) is 1. The number of methoxy groups -OCH3 is 1. The molecule has 0 saturated heterocycles. The molecule has 27 heavy (non-hydrogen) atoms. The van der Waals surface area contributed by atoms with Crippen molar-refractivity contribution in [3.63, 3.8) is 0 Å². The number of hydrogen-bond acceptors (Lipinski definition) is 5. The van der Waals surface area contributed by atoms with E-state index in [-0.39, 0.29) is 17.4 Å². The Morgan fingerprint density at radius 1 is 1.11 bits per heavy atom. The molecule has 6 nitrogen and oxygen atoms in total. The summed E-state index contributed by atoms with van der Waals surface area (Å²) in [5, 5.41) is 5.87. The number of aryl methyl sites for hydroxylation is 1. The first-order valence-corrected chi connectivity index (χ1v) is 8.33. The molecule has 0 spiro atoms. The average Bonchev–Trinajstić information content (AvgIpc) is 2.67. The van der Waals surface area contributed by atoms with Crippen LogP contribution in [0.4, 0.5) is 15.9 Å². The van der Waals surface area contributed by atoms with E-state index in [9.17, 15) is 9.18 Å². The van der Waals surface area contributed by atoms with Gasteiger partial charge in [0.05, 0.1) is 7.11 Å². The lowest BCUT2D eigenvalue weighted by molar-refractivity contribution is 0.0945. The van der Waals surface area contributed by atoms with E-state index in [1.807, 2.05) is 24.3 Å². The number of carbonyl (C=O) groups is 1. The molecule has 0 aliphatic rings. The quantitative estimate of drug-likeness (QED) is 0.697. The highest BCUT2D eigenvalue weighted by Crippen LogP contribution is 2.18. The summed E-state index contributed by atoms with van der Waals surface area (Å²) >= 11 is 0. The minimum absolute atomic E-state index is 0.238. The van der Waals surface area contributed by atoms with Gasteiger partial charge >= 0.3 is 0 Å². The van der Waals surface area contributed by atoms with Crippen LogP contribution in [-0.2, 0) is 6.54 Å². The second kappa shape index (κ2) is 8.27. The third-order valence-corrected chi connectivity index (χ3v) is 3.82. The minimum atomic E-state index is -0.325. The van der Waals surface area contributed by atoms with Crippen molar-refractivity contribution in [2.24, 2.45) is 0 Å². The van der Waals surface area contributed by atoms with Crippen molar-refractivity contribution in [3.05, 3.63) is 77.5 Å². The molecule has 1 aromatic heterocycles. The van der Waals surface area contributed by atoms with E-state index < -0.39 is 0 Å². The summed E-state index contributed by atoms with van der Waals surface area (Å²) in [7, 11) is 1.59. The largest absolute Gasteiger partial charge is 0.496 e. The van der Waals surface area contributed by atoms with Gasteiger partial charge in [-0.2, -0.15) is 0 Å². The highest BCUT2D eigenvalue weighted by atomic mass is 19.1. The predicted molar refractivity (Wildman–Crippen MR) is 101 cm³/mol. The number of carbonyl (C=O) groups excluding carboxylic acids is 1. The van der Waals surface area contributed by atoms with Crippen LogP contribution in [0.25, 0.3) is 0 Å². The number of para-hydroxylation sites is 1. The summed E-state index contributed by atoms with van der Waals surface area (Å²) in [5.41, 5.74) is 1.76. The third kappa shape index (κ3) is 4.78. The van der Waals surface area contributed by atoms with E-state index in [0.29, 0.717) is 29.6 Å². The zero-order valence-electron chi connectivity index (χ0n) is 15.0. The highest BCUT2D eigenvalue weighted by molar-refractivity contribution is 5.93. The summed E-state index contributed by atoms with van der Waals surface area (Å²) in [4.78, 5) is 21.0. The van der Waals surface area contributed by atoms with Crippen LogP contribution in [0.3, 0.4) is 0 Å². The van der Waals surface area contributed by atoms with E-state index in [4.69, 9.17) is 4.74 Å². The molecule has 0 fully saturated rings. The third-order valence-electron chi connectivity index (χ3n) is 3.82. The summed E-state index contributed by atoms with van der Waals surface area (Å²) in [5.74, 6) is 0.959. The summed E-state index contributed by atoms with van der Waals surface area (Å²) in [6.07, 6.45) is 0. The second-order valence-electron chi connectivity index (χ2n) is 5.81. The molecule has 7 heteroatoms. The Labute approximate surface area is 156 Å². The molecule has 0 radical (unpaired) electrons. The van der Waals surface area contributed by atoms with Gasteiger partial charge in [-0.15, -0.1) is 0 Å². The Kier molecular flexibility index (Phi) is 5.61. The van der Waals surface area contributed by atoms with Crippen LogP contribution in [0, 0.1) is 12.7 Å². The van der Waals surface area contributed by atoms with Crippen LogP contribution in [0.2, 0.25) is 0 Å². The first kappa shape index (κ1) is 18.3. The highest BCUT2D eigenvalue weighted by Gasteiger charge is 2.12. The molecule has 1 heterocycles. The van der Waals surface area contributed by atoms with Gasteiger partial charge in [-0.05, 0) is 37.3 Å². The molecule has 0 unspecified atom stereocenters. The van der Waals surface area contributed by atoms with E-state index in [2.05, 4.69) is 20.6 Å². The Hall–Kier alpha value is -3.48. The van der Waals surface area contributed by atoms with Gasteiger partial charge in [-0.25, -0.2) is 14.4 Å². The number of aromatic nitrogens is 2. The molecule has 2 aromatic carbocycles. The number of benzene rings is 2. The molecule has 0 saturated carbocycles. The Morgan fingerprint density at radius 2 is 1.85 bits per heavy atom. The molecule has 138 valence electrons. The first-order valence-electron chi connectivity index (χ1n) is 8.33. The fraction of sp³-hybridized carbons (Fsp3) is 0.150. The van der Waals surface area contributed by atoms with Crippen molar-refractivity contribution < 1.29 is 13.9 Å². The Morgan fingerprint density at radius 3 is 2.59 bits per heavy atom. The second-order valence-corrected chi connectivity index (χ2v) is 5.81. The minimum Gasteiger partial charge on any atom is -0.496 e. The average molecular weight is 366 g/mol. The van der Waals surface area contributed by atoms with E-state index >= 15 is 0 Å². The number of hydrogen-bond donors (Lipinski definition) is 2. The molecule has 0 bridgehead atoms. The van der Waals surface area contributed by atoms with Crippen LogP contribution in [0.1, 0.15) is 21.9 Å². The number of halogens is 1. The zero-order chi connectivity index (χ0) is 19.2. The van der Waals surface area contributed by atoms with Crippen LogP contribution in [0.15, 0.2) is 54.6 Å². The fourth-order valence-electron chi connectivity index (χ4n) is 2.54. The van der Waals surface area contributed by atoms with Crippen LogP contribution in [-0.4, -0.2) is 23.0 Å². The summed E-state index contributed by atoms with van der Waals surface area (Å²) in [6, 6.07) is 14.9. The maximum atomic E-state index is 13.0. The Balaban J connectivity index is 1.73. The Bertz CT molecular complexity index is 945. The topological polar surface area (TPSA) is 76.1 Å². The maximum absolute atomic E-state index is 13.0. The smallest absolute Gasteiger partial charge is 0.270 e. The molecule has 0 aliphatic heterocycles. The van der Waals surface area contributed by atoms with E-state index in [1.54, 1.807) is 32.2 Å². The maximum Gasteiger partial charge on any atom is 0.270 e. The van der Waals surface area contributed by atoms with Crippen molar-refractivity contribution >= 4 is 17.4 Å². The molecular formula is C20H19FN4O2. The number of rotatable bonds is 6. The van der Waals surface area contributed by atoms with Crippen molar-refractivity contribution in [2.75, 3.05) is 12.4 Å². The summed E-state index contributed by atoms with van der Waals surface area (Å²) < 4.78 is 18.3. The van der Waals surface area contributed by atoms with Crippen molar-refractivity contribution in [2.45, 2.75) is 13.5 Å². The SMILES string of the molecule is COc1ccccc1CNC(=O)c1cc(Nc2ccc(F)cc2)nc(C)n1. The lowest BCUT2D eigenvalue weighted by Gasteiger charge is -2.11. The molecule has 0 atom stereocenters. The molecule has 3 aromatic rings. The van der Waals surface area contributed by atoms with Gasteiger partial charge in [0.15, 0.2) is 0 Å². The van der Waals surface area contributed by atoms with Crippen LogP contribution < -0.4 is 15.4 Å². The molecule has 1 amide bonds. The van der Waals surface area contributed by atoms with E-state index in [1.165, 1.54) is 12.1 Å². The lowest BCUT2D eigenvalue weighted by Crippen LogP contribution is -2.24. The number of nitrogens with zero attached hydrogens (tertiary/aromatic N) is 2. The van der Waals surface area contributed by atoms with Crippen LogP contribution in [0.5, 0.6) is 5.75 Å². The van der Waals surface area contributed by atoms with Gasteiger partial charge < -0.3 is 15.4 Å². The number of anilines is 2. The lowest BCUT2D eigenvalue weighted by atomic mass is 10.2. The van der Waals surface area contributed by atoms with E-state index in [0.717, 1.165) is 5.56 Å². The molecule has 3 rings (SSSR count). The van der Waals surface area contributed by atoms with Gasteiger partial charge in [0.2, 0.25) is 0 Å². The zero-order valence-corrected chi connectivity index (χ0v) is 15.0. The predicted octanol–water partition coefficient (Wildman–Crippen LogP) is 3.61. The first-order chi connectivity index (χ1) is 13.0. The molecule has 0 aliphatic carbocycles. The van der Waals surface area contributed by atoms with Gasteiger partial charge in [-0.1, -0.05) is 18.2 Å². The monoisotopic (exact) mass is 366 g/mol. The van der Waals surface area contributed by atoms with Gasteiger partial charge in [-0.3, -0.25) is 4.79 Å². The van der Waals surface area contributed by atoms with Gasteiger partial charge in [0.25, 0.3) is 5.91 Å². The summed E-state index contributed by atoms with van der Waals surface area (Å²) in [6.45, 7) is 2.01. The molecule has 2 N–H and O–H groups in total. The van der Waals surface area contributed by atoms with Crippen LogP contribution >= 0.6 is 0 Å². The molecular weight excluding hydrogens is 347 g/mol. The van der Waals surface area contributed by atoms with Gasteiger partial charge in [0.1, 0.15) is 28.9 Å². The van der Waals surface area contributed by atoms with Gasteiger partial charge in [0, 0.05) is 23.9 Å². The number of amides is 1. The normalized spacial score (nSPS) is 10.3. The van der Waals surface area contributed by atoms with Crippen molar-refractivity contribution in [3.8, 4) is 5.75 Å². The fourth-order valence-corrected chi connectivity index (χ4v) is 2.54.